The minimum Gasteiger partial charge on any atom is -0.481 e. The number of hydrogen-bond acceptors (Lipinski definition) is 6. The Morgan fingerprint density at radius 2 is 2.07 bits per heavy atom. The average Bonchev–Trinajstić information content (AvgIpc) is 3.15. The summed E-state index contributed by atoms with van der Waals surface area (Å²) in [5.74, 6) is -2.97. The van der Waals surface area contributed by atoms with E-state index < -0.39 is 42.2 Å². The topological polar surface area (TPSA) is 159 Å². The third-order valence-corrected chi connectivity index (χ3v) is 4.75. The van der Waals surface area contributed by atoms with Gasteiger partial charge in [-0.1, -0.05) is 17.7 Å². The molecule has 156 valence electrons. The molecule has 1 aromatic rings. The molecule has 1 aromatic carbocycles. The standard InChI is InChI=1S/C18H21ClN4O6/c19-11-3-1-4-12(20)16(11)18(29)21-8-14(25)23-6-2-5-13(23)17(28)22-10(9-24)7-15(26)27/h1,3-4,9-10,13H,2,5-8,20H2,(H,21,29)(H,22,28)(H,26,27)/t10-,13-/m0/s1. The lowest BCUT2D eigenvalue weighted by Crippen LogP contribution is -2.51. The highest BCUT2D eigenvalue weighted by atomic mass is 35.5. The van der Waals surface area contributed by atoms with Gasteiger partial charge in [-0.3, -0.25) is 19.2 Å². The molecule has 0 radical (unpaired) electrons. The van der Waals surface area contributed by atoms with Gasteiger partial charge in [-0.15, -0.1) is 0 Å². The van der Waals surface area contributed by atoms with E-state index >= 15 is 0 Å². The van der Waals surface area contributed by atoms with Gasteiger partial charge in [-0.2, -0.15) is 0 Å². The van der Waals surface area contributed by atoms with Crippen molar-refractivity contribution in [3.63, 3.8) is 0 Å². The molecule has 0 aliphatic carbocycles. The van der Waals surface area contributed by atoms with Gasteiger partial charge in [0.05, 0.1) is 29.6 Å². The van der Waals surface area contributed by atoms with Crippen molar-refractivity contribution in [1.29, 1.82) is 0 Å². The minimum absolute atomic E-state index is 0.0557. The number of carbonyl (C=O) groups is 5. The predicted molar refractivity (Wildman–Crippen MR) is 103 cm³/mol. The lowest BCUT2D eigenvalue weighted by Gasteiger charge is -2.25. The molecule has 1 heterocycles. The Balaban J connectivity index is 1.97. The molecule has 0 bridgehead atoms. The molecule has 1 aliphatic rings. The third-order valence-electron chi connectivity index (χ3n) is 4.44. The minimum atomic E-state index is -1.23. The molecule has 3 amide bonds. The quantitative estimate of drug-likeness (QED) is 0.332. The molecule has 1 fully saturated rings. The van der Waals surface area contributed by atoms with Crippen LogP contribution in [0.15, 0.2) is 18.2 Å². The van der Waals surface area contributed by atoms with Gasteiger partial charge in [-0.05, 0) is 25.0 Å². The fourth-order valence-electron chi connectivity index (χ4n) is 3.06. The van der Waals surface area contributed by atoms with Crippen LogP contribution in [0.5, 0.6) is 0 Å². The molecule has 10 nitrogen and oxygen atoms in total. The Kier molecular flexibility index (Phi) is 7.54. The maximum absolute atomic E-state index is 12.5. The van der Waals surface area contributed by atoms with Crippen LogP contribution in [-0.4, -0.2) is 65.2 Å². The Hall–Kier alpha value is -3.14. The molecule has 0 aromatic heterocycles. The summed E-state index contributed by atoms with van der Waals surface area (Å²) in [6.45, 7) is -0.0782. The van der Waals surface area contributed by atoms with Gasteiger partial charge < -0.3 is 31.2 Å². The number of aliphatic carboxylic acids is 1. The van der Waals surface area contributed by atoms with Crippen molar-refractivity contribution in [3.8, 4) is 0 Å². The number of nitrogens with zero attached hydrogens (tertiary/aromatic N) is 1. The summed E-state index contributed by atoms with van der Waals surface area (Å²) in [5, 5.41) is 13.7. The Labute approximate surface area is 171 Å². The fraction of sp³-hybridized carbons (Fsp3) is 0.389. The van der Waals surface area contributed by atoms with E-state index in [1.54, 1.807) is 6.07 Å². The van der Waals surface area contributed by atoms with Gasteiger partial charge in [0.15, 0.2) is 0 Å². The largest absolute Gasteiger partial charge is 0.481 e. The molecule has 0 unspecified atom stereocenters. The molecule has 0 spiro atoms. The number of nitrogen functional groups attached to an aromatic ring is 1. The number of likely N-dealkylation sites (tertiary alicyclic amines) is 1. The van der Waals surface area contributed by atoms with Crippen molar-refractivity contribution >= 4 is 47.3 Å². The number of anilines is 1. The summed E-state index contributed by atoms with van der Waals surface area (Å²) in [5.41, 5.74) is 5.96. The second kappa shape index (κ2) is 9.87. The molecule has 5 N–H and O–H groups in total. The molecule has 2 atom stereocenters. The summed E-state index contributed by atoms with van der Waals surface area (Å²) in [4.78, 5) is 60.1. The second-order valence-corrected chi connectivity index (χ2v) is 6.89. The number of rotatable bonds is 8. The van der Waals surface area contributed by atoms with Gasteiger partial charge in [-0.25, -0.2) is 0 Å². The van der Waals surface area contributed by atoms with Gasteiger partial charge in [0, 0.05) is 12.2 Å². The molecule has 1 aliphatic heterocycles. The van der Waals surface area contributed by atoms with Crippen molar-refractivity contribution in [2.75, 3.05) is 18.8 Å². The second-order valence-electron chi connectivity index (χ2n) is 6.48. The Morgan fingerprint density at radius 3 is 2.69 bits per heavy atom. The first-order valence-corrected chi connectivity index (χ1v) is 9.21. The third kappa shape index (κ3) is 5.67. The van der Waals surface area contributed by atoms with E-state index in [9.17, 15) is 24.0 Å². The van der Waals surface area contributed by atoms with E-state index in [4.69, 9.17) is 22.4 Å². The van der Waals surface area contributed by atoms with Gasteiger partial charge in [0.1, 0.15) is 12.3 Å². The van der Waals surface area contributed by atoms with E-state index in [0.717, 1.165) is 0 Å². The summed E-state index contributed by atoms with van der Waals surface area (Å²) < 4.78 is 0. The fourth-order valence-corrected chi connectivity index (χ4v) is 3.33. The van der Waals surface area contributed by atoms with Gasteiger partial charge >= 0.3 is 5.97 Å². The lowest BCUT2D eigenvalue weighted by molar-refractivity contribution is -0.140. The molecule has 1 saturated heterocycles. The zero-order valence-corrected chi connectivity index (χ0v) is 16.1. The van der Waals surface area contributed by atoms with Crippen LogP contribution in [0.2, 0.25) is 5.02 Å². The van der Waals surface area contributed by atoms with E-state index in [2.05, 4.69) is 10.6 Å². The first-order valence-electron chi connectivity index (χ1n) is 8.83. The summed E-state index contributed by atoms with van der Waals surface area (Å²) in [6, 6.07) is 2.56. The van der Waals surface area contributed by atoms with Crippen LogP contribution >= 0.6 is 11.6 Å². The summed E-state index contributed by atoms with van der Waals surface area (Å²) in [7, 11) is 0. The van der Waals surface area contributed by atoms with Crippen molar-refractivity contribution in [2.24, 2.45) is 0 Å². The van der Waals surface area contributed by atoms with Crippen LogP contribution < -0.4 is 16.4 Å². The Bertz CT molecular complexity index is 810. The van der Waals surface area contributed by atoms with Crippen LogP contribution in [0.4, 0.5) is 5.69 Å². The van der Waals surface area contributed by atoms with Crippen LogP contribution in [0.25, 0.3) is 0 Å². The monoisotopic (exact) mass is 424 g/mol. The smallest absolute Gasteiger partial charge is 0.305 e. The zero-order chi connectivity index (χ0) is 21.6. The van der Waals surface area contributed by atoms with E-state index in [1.165, 1.54) is 17.0 Å². The highest BCUT2D eigenvalue weighted by Gasteiger charge is 2.35. The summed E-state index contributed by atoms with van der Waals surface area (Å²) >= 11 is 5.97. The van der Waals surface area contributed by atoms with Crippen LogP contribution in [0, 0.1) is 0 Å². The van der Waals surface area contributed by atoms with Crippen LogP contribution in [0.3, 0.4) is 0 Å². The number of carboxylic acid groups (broad SMARTS) is 1. The number of nitrogens with one attached hydrogen (secondary N) is 2. The highest BCUT2D eigenvalue weighted by Crippen LogP contribution is 2.22. The van der Waals surface area contributed by atoms with Crippen LogP contribution in [0.1, 0.15) is 29.6 Å². The normalized spacial score (nSPS) is 16.7. The number of hydrogen-bond donors (Lipinski definition) is 4. The molecular weight excluding hydrogens is 404 g/mol. The van der Waals surface area contributed by atoms with Crippen LogP contribution in [-0.2, 0) is 19.2 Å². The maximum atomic E-state index is 12.5. The predicted octanol–water partition coefficient (Wildman–Crippen LogP) is -0.199. The van der Waals surface area contributed by atoms with Crippen molar-refractivity contribution in [3.05, 3.63) is 28.8 Å². The van der Waals surface area contributed by atoms with Crippen molar-refractivity contribution < 1.29 is 29.1 Å². The molecule has 2 rings (SSSR count). The van der Waals surface area contributed by atoms with Gasteiger partial charge in [0.25, 0.3) is 5.91 Å². The number of nitrogens with two attached hydrogens (primary N) is 1. The number of amides is 3. The van der Waals surface area contributed by atoms with E-state index in [-0.39, 0.29) is 22.8 Å². The molecule has 11 heteroatoms. The van der Waals surface area contributed by atoms with Crippen molar-refractivity contribution in [1.82, 2.24) is 15.5 Å². The lowest BCUT2D eigenvalue weighted by atomic mass is 10.1. The number of carbonyl (C=O) groups excluding carboxylic acids is 4. The molecule has 29 heavy (non-hydrogen) atoms. The van der Waals surface area contributed by atoms with E-state index in [0.29, 0.717) is 25.7 Å². The number of benzene rings is 1. The first kappa shape index (κ1) is 22.2. The maximum Gasteiger partial charge on any atom is 0.305 e. The highest BCUT2D eigenvalue weighted by molar-refractivity contribution is 6.34. The average molecular weight is 425 g/mol. The first-order chi connectivity index (χ1) is 13.7. The molecular formula is C18H21ClN4O6. The van der Waals surface area contributed by atoms with Gasteiger partial charge in [0.2, 0.25) is 11.8 Å². The number of halogens is 1. The SMILES string of the molecule is Nc1cccc(Cl)c1C(=O)NCC(=O)N1CCC[C@H]1C(=O)N[C@H](C=O)CC(=O)O. The molecule has 0 saturated carbocycles. The number of aldehydes is 1. The van der Waals surface area contributed by atoms with E-state index in [1.807, 2.05) is 0 Å². The summed E-state index contributed by atoms with van der Waals surface area (Å²) in [6.07, 6.45) is 0.703. The van der Waals surface area contributed by atoms with Crippen molar-refractivity contribution in [2.45, 2.75) is 31.3 Å². The Morgan fingerprint density at radius 1 is 1.34 bits per heavy atom. The zero-order valence-electron chi connectivity index (χ0n) is 15.4. The number of carboxylic acids is 1.